The normalized spacial score (nSPS) is 10.9. The summed E-state index contributed by atoms with van der Waals surface area (Å²) in [6.07, 6.45) is 5.13. The number of amides is 2. The first-order chi connectivity index (χ1) is 21.4. The van der Waals surface area contributed by atoms with Gasteiger partial charge in [-0.05, 0) is 55.8 Å². The average molecular weight is 652 g/mol. The molecule has 228 valence electrons. The Morgan fingerprint density at radius 2 is 1.73 bits per heavy atom. The Hall–Kier alpha value is -4.09. The molecule has 2 amide bonds. The number of hydrazine groups is 1. The molecule has 0 saturated carbocycles. The smallest absolute Gasteiger partial charge is 0.252 e. The molecular formula is C32H32Cl2N6O3S. The predicted octanol–water partition coefficient (Wildman–Crippen LogP) is 6.38. The standard InChI is InChI=1S/C32H32Cl2N6O3S/c1-2-43-28-10-4-3-7-24(28)23-13-12-22(20-44-31-25(33)8-5-9-26(31)34)39-27(23)14-16-30(41)36-17-6-18-37-32(42)21-11-15-29(40-35)38-19-21/h3-5,7-16,19H,2,6,17-18,20,35H2,1H3,(H,36,41)(H,37,42)(H,38,40)/b16-14+. The van der Waals surface area contributed by atoms with Crippen LogP contribution in [0.4, 0.5) is 5.82 Å². The molecule has 0 fully saturated rings. The minimum absolute atomic E-state index is 0.256. The summed E-state index contributed by atoms with van der Waals surface area (Å²) in [5, 5.41) is 6.82. The van der Waals surface area contributed by atoms with Gasteiger partial charge in [0.05, 0.1) is 33.6 Å². The molecule has 0 unspecified atom stereocenters. The topological polar surface area (TPSA) is 131 Å². The second kappa shape index (κ2) is 16.7. The summed E-state index contributed by atoms with van der Waals surface area (Å²) in [6.45, 7) is 3.20. The van der Waals surface area contributed by atoms with Crippen LogP contribution in [-0.2, 0) is 10.5 Å². The van der Waals surface area contributed by atoms with Crippen LogP contribution in [0.15, 0.2) is 83.9 Å². The van der Waals surface area contributed by atoms with Gasteiger partial charge in [0.2, 0.25) is 5.91 Å². The van der Waals surface area contributed by atoms with E-state index in [1.165, 1.54) is 24.0 Å². The van der Waals surface area contributed by atoms with Crippen LogP contribution in [0.3, 0.4) is 0 Å². The summed E-state index contributed by atoms with van der Waals surface area (Å²) in [7, 11) is 0. The molecule has 0 aliphatic heterocycles. The first-order valence-corrected chi connectivity index (χ1v) is 15.6. The van der Waals surface area contributed by atoms with Gasteiger partial charge in [0.15, 0.2) is 0 Å². The molecule has 2 heterocycles. The molecule has 4 aromatic rings. The van der Waals surface area contributed by atoms with Gasteiger partial charge in [-0.25, -0.2) is 10.8 Å². The molecule has 0 saturated heterocycles. The molecule has 2 aromatic carbocycles. The number of carbonyl (C=O) groups is 2. The van der Waals surface area contributed by atoms with Gasteiger partial charge in [0.25, 0.3) is 5.91 Å². The first kappa shape index (κ1) is 32.8. The van der Waals surface area contributed by atoms with Gasteiger partial charge in [-0.1, -0.05) is 53.5 Å². The molecule has 0 radical (unpaired) electrons. The molecule has 0 aliphatic carbocycles. The van der Waals surface area contributed by atoms with Gasteiger partial charge in [-0.3, -0.25) is 14.6 Å². The Kier molecular flexibility index (Phi) is 12.4. The molecule has 12 heteroatoms. The summed E-state index contributed by atoms with van der Waals surface area (Å²) >= 11 is 14.2. The zero-order valence-corrected chi connectivity index (χ0v) is 26.3. The van der Waals surface area contributed by atoms with E-state index >= 15 is 0 Å². The Balaban J connectivity index is 1.41. The highest BCUT2D eigenvalue weighted by atomic mass is 35.5. The fourth-order valence-electron chi connectivity index (χ4n) is 4.12. The number of hydrogen-bond donors (Lipinski definition) is 4. The van der Waals surface area contributed by atoms with Crippen LogP contribution in [0.2, 0.25) is 10.0 Å². The van der Waals surface area contributed by atoms with Crippen molar-refractivity contribution in [3.05, 3.63) is 106 Å². The molecule has 4 rings (SSSR count). The summed E-state index contributed by atoms with van der Waals surface area (Å²) in [6, 6.07) is 20.3. The number of halogens is 2. The van der Waals surface area contributed by atoms with Gasteiger partial charge < -0.3 is 20.8 Å². The number of thioether (sulfide) groups is 1. The van der Waals surface area contributed by atoms with Gasteiger partial charge in [0, 0.05) is 47.1 Å². The molecule has 9 nitrogen and oxygen atoms in total. The van der Waals surface area contributed by atoms with Crippen molar-refractivity contribution < 1.29 is 14.3 Å². The van der Waals surface area contributed by atoms with Crippen molar-refractivity contribution in [2.24, 2.45) is 5.84 Å². The van der Waals surface area contributed by atoms with E-state index in [0.29, 0.717) is 59.0 Å². The number of rotatable bonds is 14. The van der Waals surface area contributed by atoms with Crippen LogP contribution >= 0.6 is 35.0 Å². The second-order valence-electron chi connectivity index (χ2n) is 9.31. The maximum Gasteiger partial charge on any atom is 0.252 e. The van der Waals surface area contributed by atoms with E-state index in [2.05, 4.69) is 21.0 Å². The van der Waals surface area contributed by atoms with Crippen LogP contribution in [0.25, 0.3) is 17.2 Å². The number of anilines is 1. The fraction of sp³-hybridized carbons (Fsp3) is 0.188. The summed E-state index contributed by atoms with van der Waals surface area (Å²) < 4.78 is 5.86. The maximum absolute atomic E-state index is 12.7. The highest BCUT2D eigenvalue weighted by Gasteiger charge is 2.13. The van der Waals surface area contributed by atoms with E-state index in [1.54, 1.807) is 36.4 Å². The number of nitrogens with two attached hydrogens (primary N) is 1. The third-order valence-corrected chi connectivity index (χ3v) is 8.27. The molecule has 2 aromatic heterocycles. The van der Waals surface area contributed by atoms with Gasteiger partial charge in [-0.15, -0.1) is 11.8 Å². The monoisotopic (exact) mass is 650 g/mol. The number of nitrogens with zero attached hydrogens (tertiary/aromatic N) is 2. The lowest BCUT2D eigenvalue weighted by molar-refractivity contribution is -0.116. The van der Waals surface area contributed by atoms with Crippen LogP contribution < -0.4 is 26.6 Å². The Morgan fingerprint density at radius 1 is 0.955 bits per heavy atom. The number of aromatic nitrogens is 2. The molecule has 44 heavy (non-hydrogen) atoms. The molecular weight excluding hydrogens is 619 g/mol. The number of para-hydroxylation sites is 1. The van der Waals surface area contributed by atoms with Crippen molar-refractivity contribution in [3.8, 4) is 16.9 Å². The molecule has 0 atom stereocenters. The van der Waals surface area contributed by atoms with E-state index in [-0.39, 0.29) is 11.8 Å². The number of nitrogen functional groups attached to an aromatic ring is 1. The van der Waals surface area contributed by atoms with Crippen molar-refractivity contribution in [1.82, 2.24) is 20.6 Å². The number of hydrogen-bond acceptors (Lipinski definition) is 8. The van der Waals surface area contributed by atoms with Crippen molar-refractivity contribution >= 4 is 58.7 Å². The van der Waals surface area contributed by atoms with Crippen molar-refractivity contribution in [1.29, 1.82) is 0 Å². The van der Waals surface area contributed by atoms with Gasteiger partial charge >= 0.3 is 0 Å². The first-order valence-electron chi connectivity index (χ1n) is 13.8. The summed E-state index contributed by atoms with van der Waals surface area (Å²) in [5.74, 6) is 6.48. The van der Waals surface area contributed by atoms with E-state index in [1.807, 2.05) is 43.3 Å². The maximum atomic E-state index is 12.7. The third kappa shape index (κ3) is 9.20. The van der Waals surface area contributed by atoms with E-state index in [9.17, 15) is 9.59 Å². The number of ether oxygens (including phenoxy) is 1. The molecule has 0 spiro atoms. The summed E-state index contributed by atoms with van der Waals surface area (Å²) in [4.78, 5) is 34.6. The lowest BCUT2D eigenvalue weighted by Crippen LogP contribution is -2.29. The number of benzene rings is 2. The van der Waals surface area contributed by atoms with Crippen LogP contribution in [0.1, 0.15) is 35.1 Å². The SMILES string of the molecule is CCOc1ccccc1-c1ccc(CSc2c(Cl)cccc2Cl)nc1/C=C/C(=O)NCCCNC(=O)c1ccc(NN)nc1. The fourth-order valence-corrected chi connectivity index (χ4v) is 5.71. The number of nitrogens with one attached hydrogen (secondary N) is 3. The molecule has 0 bridgehead atoms. The highest BCUT2D eigenvalue weighted by Crippen LogP contribution is 2.37. The second-order valence-corrected chi connectivity index (χ2v) is 11.1. The lowest BCUT2D eigenvalue weighted by Gasteiger charge is -2.13. The van der Waals surface area contributed by atoms with Crippen molar-refractivity contribution in [2.75, 3.05) is 25.1 Å². The van der Waals surface area contributed by atoms with E-state index < -0.39 is 0 Å². The van der Waals surface area contributed by atoms with Crippen LogP contribution in [0.5, 0.6) is 5.75 Å². The van der Waals surface area contributed by atoms with Gasteiger partial charge in [-0.2, -0.15) is 0 Å². The van der Waals surface area contributed by atoms with Crippen molar-refractivity contribution in [2.45, 2.75) is 24.0 Å². The van der Waals surface area contributed by atoms with Gasteiger partial charge in [0.1, 0.15) is 11.6 Å². The highest BCUT2D eigenvalue weighted by molar-refractivity contribution is 7.98. The van der Waals surface area contributed by atoms with Crippen LogP contribution in [0, 0.1) is 0 Å². The number of carbonyl (C=O) groups excluding carboxylic acids is 2. The van der Waals surface area contributed by atoms with Crippen molar-refractivity contribution in [3.63, 3.8) is 0 Å². The summed E-state index contributed by atoms with van der Waals surface area (Å²) in [5.41, 5.74) is 5.94. The Labute approximate surface area is 270 Å². The van der Waals surface area contributed by atoms with Crippen LogP contribution in [-0.4, -0.2) is 41.5 Å². The Morgan fingerprint density at radius 3 is 2.45 bits per heavy atom. The minimum atomic E-state index is -0.279. The molecule has 5 N–H and O–H groups in total. The number of pyridine rings is 2. The predicted molar refractivity (Wildman–Crippen MR) is 178 cm³/mol. The lowest BCUT2D eigenvalue weighted by atomic mass is 10.0. The quantitative estimate of drug-likeness (QED) is 0.0407. The van der Waals surface area contributed by atoms with E-state index in [4.69, 9.17) is 38.8 Å². The average Bonchev–Trinajstić information content (AvgIpc) is 3.04. The third-order valence-electron chi connectivity index (χ3n) is 6.25. The molecule has 0 aliphatic rings. The zero-order valence-electron chi connectivity index (χ0n) is 24.0. The Bertz CT molecular complexity index is 1600. The zero-order chi connectivity index (χ0) is 31.3. The largest absolute Gasteiger partial charge is 0.493 e. The minimum Gasteiger partial charge on any atom is -0.493 e. The van der Waals surface area contributed by atoms with E-state index in [0.717, 1.165) is 27.5 Å².